The molecule has 3 rings (SSSR count). The number of hydrogen-bond donors (Lipinski definition) is 2. The number of aryl methyl sites for hydroxylation is 2. The third kappa shape index (κ3) is 4.51. The van der Waals surface area contributed by atoms with Gasteiger partial charge in [0.1, 0.15) is 5.82 Å². The molecule has 0 spiro atoms. The van der Waals surface area contributed by atoms with Crippen LogP contribution in [0.25, 0.3) is 10.9 Å². The molecule has 0 aliphatic carbocycles. The summed E-state index contributed by atoms with van der Waals surface area (Å²) in [4.78, 5) is 16.7. The van der Waals surface area contributed by atoms with Gasteiger partial charge in [-0.2, -0.15) is 5.26 Å². The van der Waals surface area contributed by atoms with E-state index in [-0.39, 0.29) is 29.2 Å². The van der Waals surface area contributed by atoms with Crippen molar-refractivity contribution < 1.29 is 13.3 Å². The van der Waals surface area contributed by atoms with Crippen molar-refractivity contribution in [2.24, 2.45) is 0 Å². The summed E-state index contributed by atoms with van der Waals surface area (Å²) >= 11 is 1.42. The maximum Gasteiger partial charge on any atom is 0.270 e. The predicted molar refractivity (Wildman–Crippen MR) is 111 cm³/mol. The van der Waals surface area contributed by atoms with Crippen molar-refractivity contribution in [3.05, 3.63) is 55.8 Å². The molecule has 0 aliphatic heterocycles. The molecule has 2 aromatic heterocycles. The zero-order valence-corrected chi connectivity index (χ0v) is 17.2. The minimum Gasteiger partial charge on any atom is -0.369 e. The Morgan fingerprint density at radius 2 is 2.00 bits per heavy atom. The minimum absolute atomic E-state index is 0.120. The summed E-state index contributed by atoms with van der Waals surface area (Å²) in [7, 11) is -3.60. The van der Waals surface area contributed by atoms with Crippen molar-refractivity contribution >= 4 is 43.8 Å². The highest BCUT2D eigenvalue weighted by molar-refractivity contribution is 7.89. The molecule has 0 fully saturated rings. The number of thiophene rings is 1. The lowest BCUT2D eigenvalue weighted by atomic mass is 10.1. The van der Waals surface area contributed by atoms with Crippen LogP contribution < -0.4 is 10.0 Å². The van der Waals surface area contributed by atoms with Gasteiger partial charge in [0.05, 0.1) is 27.0 Å². The molecule has 2 N–H and O–H groups in total. The lowest BCUT2D eigenvalue weighted by Gasteiger charge is -2.09. The molecule has 0 atom stereocenters. The standard InChI is InChI=1S/C18H17N5O4S2/c1-11-7-17(12(2)28-11)29(26,27)21-6-5-20-18-8-13(10-19)15-9-14(23(24)25)3-4-16(15)22-18/h3-4,7-9,21H,5-6H2,1-2H3,(H,20,22). The number of hydrogen-bond acceptors (Lipinski definition) is 8. The summed E-state index contributed by atoms with van der Waals surface area (Å²) in [6.45, 7) is 3.98. The van der Waals surface area contributed by atoms with Gasteiger partial charge in [-0.15, -0.1) is 11.3 Å². The van der Waals surface area contributed by atoms with Gasteiger partial charge in [-0.05, 0) is 32.0 Å². The average Bonchev–Trinajstić information content (AvgIpc) is 3.03. The van der Waals surface area contributed by atoms with Crippen molar-refractivity contribution in [3.63, 3.8) is 0 Å². The van der Waals surface area contributed by atoms with Crippen LogP contribution in [0.2, 0.25) is 0 Å². The first kappa shape index (κ1) is 20.7. The van der Waals surface area contributed by atoms with Gasteiger partial charge in [0, 0.05) is 40.4 Å². The van der Waals surface area contributed by atoms with Crippen LogP contribution in [0.5, 0.6) is 0 Å². The van der Waals surface area contributed by atoms with Gasteiger partial charge >= 0.3 is 0 Å². The number of benzene rings is 1. The number of nitriles is 1. The van der Waals surface area contributed by atoms with Gasteiger partial charge in [0.15, 0.2) is 0 Å². The monoisotopic (exact) mass is 431 g/mol. The Kier molecular flexibility index (Phi) is 5.78. The normalized spacial score (nSPS) is 11.3. The molecular weight excluding hydrogens is 414 g/mol. The Balaban J connectivity index is 1.71. The van der Waals surface area contributed by atoms with E-state index in [1.807, 2.05) is 13.0 Å². The quantitative estimate of drug-likeness (QED) is 0.333. The second-order valence-electron chi connectivity index (χ2n) is 6.23. The van der Waals surface area contributed by atoms with Crippen LogP contribution in [-0.4, -0.2) is 31.4 Å². The average molecular weight is 431 g/mol. The third-order valence-electron chi connectivity index (χ3n) is 4.13. The molecule has 3 aromatic rings. The van der Waals surface area contributed by atoms with Crippen molar-refractivity contribution in [2.45, 2.75) is 18.7 Å². The number of rotatable bonds is 7. The van der Waals surface area contributed by atoms with Gasteiger partial charge in [0.25, 0.3) is 5.69 Å². The van der Waals surface area contributed by atoms with Crippen LogP contribution in [0.3, 0.4) is 0 Å². The maximum absolute atomic E-state index is 12.4. The van der Waals surface area contributed by atoms with E-state index in [1.54, 1.807) is 13.0 Å². The highest BCUT2D eigenvalue weighted by Crippen LogP contribution is 2.26. The molecular formula is C18H17N5O4S2. The first-order valence-electron chi connectivity index (χ1n) is 8.51. The van der Waals surface area contributed by atoms with E-state index >= 15 is 0 Å². The first-order valence-corrected chi connectivity index (χ1v) is 10.8. The molecule has 29 heavy (non-hydrogen) atoms. The lowest BCUT2D eigenvalue weighted by Crippen LogP contribution is -2.29. The fourth-order valence-electron chi connectivity index (χ4n) is 2.84. The van der Waals surface area contributed by atoms with E-state index in [0.717, 1.165) is 9.75 Å². The number of nitro benzene ring substituents is 1. The van der Waals surface area contributed by atoms with Gasteiger partial charge in [0.2, 0.25) is 10.0 Å². The lowest BCUT2D eigenvalue weighted by molar-refractivity contribution is -0.384. The zero-order chi connectivity index (χ0) is 21.2. The fourth-order valence-corrected chi connectivity index (χ4v) is 5.42. The maximum atomic E-state index is 12.4. The Hall–Kier alpha value is -3.07. The molecule has 0 saturated heterocycles. The minimum atomic E-state index is -3.60. The molecule has 150 valence electrons. The number of anilines is 1. The van der Waals surface area contributed by atoms with Crippen LogP contribution >= 0.6 is 11.3 Å². The molecule has 11 heteroatoms. The summed E-state index contributed by atoms with van der Waals surface area (Å²) in [5.41, 5.74) is 0.554. The fraction of sp³-hybridized carbons (Fsp3) is 0.222. The molecule has 1 aromatic carbocycles. The molecule has 0 unspecified atom stereocenters. The van der Waals surface area contributed by atoms with Gasteiger partial charge in [-0.1, -0.05) is 0 Å². The number of nitrogens with one attached hydrogen (secondary N) is 2. The van der Waals surface area contributed by atoms with Gasteiger partial charge in [-0.3, -0.25) is 10.1 Å². The van der Waals surface area contributed by atoms with Crippen LogP contribution in [0.4, 0.5) is 11.5 Å². The van der Waals surface area contributed by atoms with Crippen molar-refractivity contribution in [2.75, 3.05) is 18.4 Å². The summed E-state index contributed by atoms with van der Waals surface area (Å²) in [5.74, 6) is 0.379. The van der Waals surface area contributed by atoms with Crippen LogP contribution in [-0.2, 0) is 10.0 Å². The Bertz CT molecular complexity index is 1250. The van der Waals surface area contributed by atoms with Crippen LogP contribution in [0.1, 0.15) is 15.3 Å². The largest absolute Gasteiger partial charge is 0.369 e. The summed E-state index contributed by atoms with van der Waals surface area (Å²) in [5, 5.41) is 23.6. The third-order valence-corrected chi connectivity index (χ3v) is 6.81. The number of pyridine rings is 1. The van der Waals surface area contributed by atoms with E-state index in [2.05, 4.69) is 15.0 Å². The smallest absolute Gasteiger partial charge is 0.270 e. The molecule has 0 bridgehead atoms. The SMILES string of the molecule is Cc1cc(S(=O)(=O)NCCNc2cc(C#N)c3cc([N+](=O)[O-])ccc3n2)c(C)s1. The number of aromatic nitrogens is 1. The van der Waals surface area contributed by atoms with E-state index in [0.29, 0.717) is 16.7 Å². The van der Waals surface area contributed by atoms with Gasteiger partial charge in [-0.25, -0.2) is 18.1 Å². The molecule has 2 heterocycles. The summed E-state index contributed by atoms with van der Waals surface area (Å²) in [6.07, 6.45) is 0. The Labute approximate surface area is 171 Å². The number of nitrogens with zero attached hydrogens (tertiary/aromatic N) is 3. The Morgan fingerprint density at radius 1 is 1.24 bits per heavy atom. The zero-order valence-electron chi connectivity index (χ0n) is 15.6. The molecule has 0 radical (unpaired) electrons. The summed E-state index contributed by atoms with van der Waals surface area (Å²) < 4.78 is 27.3. The van der Waals surface area contributed by atoms with Crippen molar-refractivity contribution in [1.29, 1.82) is 5.26 Å². The number of fused-ring (bicyclic) bond motifs is 1. The topological polar surface area (TPSA) is 138 Å². The summed E-state index contributed by atoms with van der Waals surface area (Å²) in [6, 6.07) is 9.23. The van der Waals surface area contributed by atoms with Crippen LogP contribution in [0, 0.1) is 35.3 Å². The number of nitro groups is 1. The predicted octanol–water partition coefficient (Wildman–Crippen LogP) is 3.08. The molecule has 0 aliphatic rings. The number of non-ortho nitro benzene ring substituents is 1. The highest BCUT2D eigenvalue weighted by Gasteiger charge is 2.18. The Morgan fingerprint density at radius 3 is 2.62 bits per heavy atom. The van der Waals surface area contributed by atoms with Crippen molar-refractivity contribution in [1.82, 2.24) is 9.71 Å². The second-order valence-corrected chi connectivity index (χ2v) is 9.42. The van der Waals surface area contributed by atoms with E-state index in [1.165, 1.54) is 35.6 Å². The van der Waals surface area contributed by atoms with E-state index in [9.17, 15) is 23.8 Å². The molecule has 9 nitrogen and oxygen atoms in total. The highest BCUT2D eigenvalue weighted by atomic mass is 32.2. The van der Waals surface area contributed by atoms with E-state index in [4.69, 9.17) is 0 Å². The first-order chi connectivity index (χ1) is 13.7. The van der Waals surface area contributed by atoms with Crippen LogP contribution in [0.15, 0.2) is 35.2 Å². The molecule has 0 saturated carbocycles. The second kappa shape index (κ2) is 8.12. The van der Waals surface area contributed by atoms with E-state index < -0.39 is 14.9 Å². The van der Waals surface area contributed by atoms with Gasteiger partial charge < -0.3 is 5.32 Å². The molecule has 0 amide bonds. The number of sulfonamides is 1. The van der Waals surface area contributed by atoms with Crippen molar-refractivity contribution in [3.8, 4) is 6.07 Å².